The SMILES string of the molecule is C[C@@H](CO)Nc1nc(Nc2ccc3c(c2)OCO3)cc(C2CC2)n1. The summed E-state index contributed by atoms with van der Waals surface area (Å²) in [7, 11) is 0. The minimum atomic E-state index is -0.0992. The van der Waals surface area contributed by atoms with Crippen LogP contribution in [0.1, 0.15) is 31.4 Å². The molecule has 1 aliphatic carbocycles. The molecule has 0 amide bonds. The minimum Gasteiger partial charge on any atom is -0.454 e. The molecular weight excluding hydrogens is 308 g/mol. The van der Waals surface area contributed by atoms with Gasteiger partial charge in [0, 0.05) is 29.8 Å². The first-order valence-corrected chi connectivity index (χ1v) is 8.14. The fourth-order valence-corrected chi connectivity index (χ4v) is 2.57. The third-order valence-corrected chi connectivity index (χ3v) is 4.04. The van der Waals surface area contributed by atoms with E-state index >= 15 is 0 Å². The zero-order valence-corrected chi connectivity index (χ0v) is 13.5. The number of aliphatic hydroxyl groups is 1. The van der Waals surface area contributed by atoms with E-state index in [1.807, 2.05) is 31.2 Å². The van der Waals surface area contributed by atoms with E-state index in [9.17, 15) is 5.11 Å². The number of anilines is 3. The lowest BCUT2D eigenvalue weighted by atomic mass is 10.2. The minimum absolute atomic E-state index is 0.0297. The van der Waals surface area contributed by atoms with Gasteiger partial charge in [-0.2, -0.15) is 4.98 Å². The lowest BCUT2D eigenvalue weighted by Gasteiger charge is -2.14. The number of aliphatic hydroxyl groups excluding tert-OH is 1. The van der Waals surface area contributed by atoms with Crippen molar-refractivity contribution in [3.05, 3.63) is 30.0 Å². The molecule has 24 heavy (non-hydrogen) atoms. The normalized spacial score (nSPS) is 16.8. The van der Waals surface area contributed by atoms with E-state index in [1.165, 1.54) is 0 Å². The van der Waals surface area contributed by atoms with Gasteiger partial charge in [-0.3, -0.25) is 0 Å². The molecule has 126 valence electrons. The molecule has 0 spiro atoms. The Morgan fingerprint density at radius 2 is 2.04 bits per heavy atom. The van der Waals surface area contributed by atoms with Crippen molar-refractivity contribution >= 4 is 17.5 Å². The predicted molar refractivity (Wildman–Crippen MR) is 90.0 cm³/mol. The van der Waals surface area contributed by atoms with Crippen LogP contribution >= 0.6 is 0 Å². The number of hydrogen-bond acceptors (Lipinski definition) is 7. The second kappa shape index (κ2) is 6.16. The van der Waals surface area contributed by atoms with Crippen molar-refractivity contribution in [3.63, 3.8) is 0 Å². The van der Waals surface area contributed by atoms with Crippen LogP contribution in [0.4, 0.5) is 17.5 Å². The Balaban J connectivity index is 1.59. The molecule has 1 aliphatic heterocycles. The van der Waals surface area contributed by atoms with E-state index in [0.29, 0.717) is 11.9 Å². The monoisotopic (exact) mass is 328 g/mol. The van der Waals surface area contributed by atoms with Crippen molar-refractivity contribution in [2.45, 2.75) is 31.7 Å². The third-order valence-electron chi connectivity index (χ3n) is 4.04. The lowest BCUT2D eigenvalue weighted by molar-refractivity contribution is 0.174. The highest BCUT2D eigenvalue weighted by Gasteiger charge is 2.26. The Morgan fingerprint density at radius 1 is 1.21 bits per heavy atom. The van der Waals surface area contributed by atoms with E-state index in [2.05, 4.69) is 20.6 Å². The van der Waals surface area contributed by atoms with Crippen molar-refractivity contribution in [1.82, 2.24) is 9.97 Å². The fourth-order valence-electron chi connectivity index (χ4n) is 2.57. The third kappa shape index (κ3) is 3.21. The molecule has 2 aliphatic rings. The van der Waals surface area contributed by atoms with Crippen LogP contribution in [0.25, 0.3) is 0 Å². The maximum Gasteiger partial charge on any atom is 0.231 e. The standard InChI is InChI=1S/C17H20N4O3/c1-10(8-22)18-17-20-13(11-2-3-11)7-16(21-17)19-12-4-5-14-15(6-12)24-9-23-14/h4-7,10-11,22H,2-3,8-9H2,1H3,(H2,18,19,20,21)/t10-/m0/s1. The first kappa shape index (κ1) is 15.0. The zero-order chi connectivity index (χ0) is 16.5. The number of ether oxygens (including phenoxy) is 2. The molecule has 2 aromatic rings. The maximum atomic E-state index is 9.22. The van der Waals surface area contributed by atoms with Crippen LogP contribution in [0, 0.1) is 0 Å². The van der Waals surface area contributed by atoms with Gasteiger partial charge in [0.25, 0.3) is 0 Å². The highest BCUT2D eigenvalue weighted by atomic mass is 16.7. The zero-order valence-electron chi connectivity index (χ0n) is 13.5. The van der Waals surface area contributed by atoms with E-state index in [4.69, 9.17) is 9.47 Å². The molecule has 1 fully saturated rings. The number of hydrogen-bond donors (Lipinski definition) is 3. The maximum absolute atomic E-state index is 9.22. The number of nitrogens with zero attached hydrogens (tertiary/aromatic N) is 2. The van der Waals surface area contributed by atoms with Crippen LogP contribution in [0.2, 0.25) is 0 Å². The molecule has 1 aromatic heterocycles. The summed E-state index contributed by atoms with van der Waals surface area (Å²) < 4.78 is 10.7. The molecule has 1 saturated carbocycles. The second-order valence-electron chi connectivity index (χ2n) is 6.20. The van der Waals surface area contributed by atoms with E-state index in [0.717, 1.165) is 41.5 Å². The second-order valence-corrected chi connectivity index (χ2v) is 6.20. The van der Waals surface area contributed by atoms with E-state index in [-0.39, 0.29) is 19.4 Å². The molecule has 0 saturated heterocycles. The molecule has 0 bridgehead atoms. The summed E-state index contributed by atoms with van der Waals surface area (Å²) in [4.78, 5) is 9.07. The molecule has 0 unspecified atom stereocenters. The van der Waals surface area contributed by atoms with Crippen LogP contribution < -0.4 is 20.1 Å². The Hall–Kier alpha value is -2.54. The summed E-state index contributed by atoms with van der Waals surface area (Å²) in [5, 5.41) is 15.6. The molecule has 7 heteroatoms. The Kier molecular flexibility index (Phi) is 3.86. The van der Waals surface area contributed by atoms with Crippen molar-refractivity contribution in [2.24, 2.45) is 0 Å². The molecule has 4 rings (SSSR count). The highest BCUT2D eigenvalue weighted by Crippen LogP contribution is 2.40. The van der Waals surface area contributed by atoms with Crippen molar-refractivity contribution in [1.29, 1.82) is 0 Å². The van der Waals surface area contributed by atoms with Crippen LogP contribution in [0.3, 0.4) is 0 Å². The van der Waals surface area contributed by atoms with Gasteiger partial charge in [-0.1, -0.05) is 0 Å². The summed E-state index contributed by atoms with van der Waals surface area (Å²) in [6, 6.07) is 7.58. The molecule has 7 nitrogen and oxygen atoms in total. The first-order valence-electron chi connectivity index (χ1n) is 8.14. The number of rotatable bonds is 6. The number of aromatic nitrogens is 2. The molecule has 2 heterocycles. The largest absolute Gasteiger partial charge is 0.454 e. The van der Waals surface area contributed by atoms with Gasteiger partial charge in [-0.05, 0) is 31.9 Å². The summed E-state index contributed by atoms with van der Waals surface area (Å²) in [6.45, 7) is 2.17. The average molecular weight is 328 g/mol. The van der Waals surface area contributed by atoms with Gasteiger partial charge in [0.1, 0.15) is 5.82 Å². The smallest absolute Gasteiger partial charge is 0.231 e. The van der Waals surface area contributed by atoms with E-state index < -0.39 is 0 Å². The van der Waals surface area contributed by atoms with Crippen molar-refractivity contribution in [3.8, 4) is 11.5 Å². The van der Waals surface area contributed by atoms with Gasteiger partial charge in [0.15, 0.2) is 11.5 Å². The fraction of sp³-hybridized carbons (Fsp3) is 0.412. The van der Waals surface area contributed by atoms with Gasteiger partial charge in [-0.15, -0.1) is 0 Å². The molecule has 1 aromatic carbocycles. The van der Waals surface area contributed by atoms with Gasteiger partial charge in [0.2, 0.25) is 12.7 Å². The summed E-state index contributed by atoms with van der Waals surface area (Å²) in [6.07, 6.45) is 2.32. The van der Waals surface area contributed by atoms with Gasteiger partial charge >= 0.3 is 0 Å². The number of nitrogens with one attached hydrogen (secondary N) is 2. The molecule has 3 N–H and O–H groups in total. The van der Waals surface area contributed by atoms with Crippen LogP contribution in [-0.4, -0.2) is 34.5 Å². The number of fused-ring (bicyclic) bond motifs is 1. The topological polar surface area (TPSA) is 88.5 Å². The first-order chi connectivity index (χ1) is 11.7. The summed E-state index contributed by atoms with van der Waals surface area (Å²) >= 11 is 0. The highest BCUT2D eigenvalue weighted by molar-refractivity contribution is 5.63. The van der Waals surface area contributed by atoms with Gasteiger partial charge < -0.3 is 25.2 Å². The average Bonchev–Trinajstić information content (AvgIpc) is 3.33. The van der Waals surface area contributed by atoms with Crippen LogP contribution in [0.15, 0.2) is 24.3 Å². The van der Waals surface area contributed by atoms with Crippen molar-refractivity contribution in [2.75, 3.05) is 24.0 Å². The molecular formula is C17H20N4O3. The quantitative estimate of drug-likeness (QED) is 0.751. The Morgan fingerprint density at radius 3 is 2.83 bits per heavy atom. The predicted octanol–water partition coefficient (Wildman–Crippen LogP) is 2.62. The molecule has 0 radical (unpaired) electrons. The van der Waals surface area contributed by atoms with Gasteiger partial charge in [-0.25, -0.2) is 4.98 Å². The van der Waals surface area contributed by atoms with Gasteiger partial charge in [0.05, 0.1) is 12.3 Å². The molecule has 1 atom stereocenters. The van der Waals surface area contributed by atoms with Crippen molar-refractivity contribution < 1.29 is 14.6 Å². The summed E-state index contributed by atoms with van der Waals surface area (Å²) in [5.41, 5.74) is 1.90. The lowest BCUT2D eigenvalue weighted by Crippen LogP contribution is -2.21. The van der Waals surface area contributed by atoms with E-state index in [1.54, 1.807) is 0 Å². The summed E-state index contributed by atoms with van der Waals surface area (Å²) in [5.74, 6) is 3.24. The van der Waals surface area contributed by atoms with Crippen LogP contribution in [0.5, 0.6) is 11.5 Å². The Labute approximate surface area is 140 Å². The van der Waals surface area contributed by atoms with Crippen LogP contribution in [-0.2, 0) is 0 Å². The Bertz CT molecular complexity index is 749. The number of benzene rings is 1.